The highest BCUT2D eigenvalue weighted by molar-refractivity contribution is 5.60. The monoisotopic (exact) mass is 330 g/mol. The van der Waals surface area contributed by atoms with E-state index in [1.54, 1.807) is 12.2 Å². The van der Waals surface area contributed by atoms with E-state index in [1.807, 2.05) is 0 Å². The molecule has 0 rings (SSSR count). The van der Waals surface area contributed by atoms with Gasteiger partial charge in [-0.3, -0.25) is 0 Å². The topological polar surface area (TPSA) is 88.1 Å². The first-order valence-electron chi connectivity index (χ1n) is 7.69. The van der Waals surface area contributed by atoms with E-state index in [1.165, 1.54) is 14.2 Å². The normalized spacial score (nSPS) is 11.7. The van der Waals surface area contributed by atoms with E-state index >= 15 is 0 Å². The van der Waals surface area contributed by atoms with Crippen molar-refractivity contribution in [1.82, 2.24) is 0 Å². The molecule has 0 saturated heterocycles. The first kappa shape index (κ1) is 20.9. The van der Waals surface area contributed by atoms with Crippen molar-refractivity contribution in [2.45, 2.75) is 51.0 Å². The maximum Gasteiger partial charge on any atom is 0.508 e. The second kappa shape index (κ2) is 14.9. The molecule has 0 fully saturated rings. The fourth-order valence-electron chi connectivity index (χ4n) is 1.85. The maximum atomic E-state index is 11.2. The number of carbonyl (C=O) groups excluding carboxylic acids is 3. The second-order valence-electron chi connectivity index (χ2n) is 4.82. The fraction of sp³-hybridized carbons (Fsp3) is 0.688. The average molecular weight is 330 g/mol. The Kier molecular flexibility index (Phi) is 13.5. The van der Waals surface area contributed by atoms with E-state index < -0.39 is 18.4 Å². The third-order valence-electron chi connectivity index (χ3n) is 3.04. The highest BCUT2D eigenvalue weighted by Gasteiger charge is 2.11. The molecule has 0 bridgehead atoms. The zero-order valence-electron chi connectivity index (χ0n) is 13.8. The van der Waals surface area contributed by atoms with Crippen molar-refractivity contribution in [1.29, 1.82) is 0 Å². The van der Waals surface area contributed by atoms with Crippen LogP contribution in [-0.4, -0.2) is 45.5 Å². The Labute approximate surface area is 136 Å². The van der Waals surface area contributed by atoms with E-state index in [-0.39, 0.29) is 6.61 Å². The molecule has 0 radical (unpaired) electrons. The lowest BCUT2D eigenvalue weighted by Gasteiger charge is -2.13. The van der Waals surface area contributed by atoms with Gasteiger partial charge in [0.15, 0.2) is 0 Å². The van der Waals surface area contributed by atoms with Crippen LogP contribution in [0.2, 0.25) is 0 Å². The zero-order valence-corrected chi connectivity index (χ0v) is 13.8. The van der Waals surface area contributed by atoms with E-state index in [2.05, 4.69) is 9.47 Å². The third kappa shape index (κ3) is 13.3. The second-order valence-corrected chi connectivity index (χ2v) is 4.82. The van der Waals surface area contributed by atoms with Gasteiger partial charge in [0.05, 0.1) is 14.2 Å². The molecule has 0 aliphatic rings. The van der Waals surface area contributed by atoms with Crippen molar-refractivity contribution in [3.8, 4) is 0 Å². The molecule has 0 aliphatic carbocycles. The van der Waals surface area contributed by atoms with Crippen LogP contribution >= 0.6 is 0 Å². The summed E-state index contributed by atoms with van der Waals surface area (Å²) in [7, 11) is 2.47. The predicted octanol–water partition coefficient (Wildman–Crippen LogP) is 3.41. The van der Waals surface area contributed by atoms with Crippen LogP contribution in [0.15, 0.2) is 12.2 Å². The number of unbranched alkanes of at least 4 members (excludes halogenated alkanes) is 5. The molecule has 23 heavy (non-hydrogen) atoms. The fourth-order valence-corrected chi connectivity index (χ4v) is 1.85. The van der Waals surface area contributed by atoms with Crippen molar-refractivity contribution in [3.05, 3.63) is 12.2 Å². The van der Waals surface area contributed by atoms with Gasteiger partial charge in [-0.2, -0.15) is 0 Å². The Morgan fingerprint density at radius 3 is 2.26 bits per heavy atom. The Morgan fingerprint density at radius 1 is 0.957 bits per heavy atom. The molecular weight excluding hydrogens is 304 g/mol. The summed E-state index contributed by atoms with van der Waals surface area (Å²) in [5.74, 6) is 0. The van der Waals surface area contributed by atoms with E-state index in [0.29, 0.717) is 12.8 Å². The summed E-state index contributed by atoms with van der Waals surface area (Å²) in [4.78, 5) is 32.2. The van der Waals surface area contributed by atoms with Gasteiger partial charge in [0, 0.05) is 6.42 Å². The Morgan fingerprint density at radius 2 is 1.61 bits per heavy atom. The molecule has 1 atom stereocenters. The van der Waals surface area contributed by atoms with Crippen LogP contribution in [0.5, 0.6) is 0 Å². The molecule has 7 nitrogen and oxygen atoms in total. The lowest BCUT2D eigenvalue weighted by Crippen LogP contribution is -2.16. The molecule has 0 aliphatic heterocycles. The largest absolute Gasteiger partial charge is 0.508 e. The zero-order chi connectivity index (χ0) is 17.3. The quantitative estimate of drug-likeness (QED) is 0.234. The number of methoxy groups -OCH3 is 2. The minimum atomic E-state index is -0.768. The summed E-state index contributed by atoms with van der Waals surface area (Å²) >= 11 is 0. The smallest absolute Gasteiger partial charge is 0.438 e. The van der Waals surface area contributed by atoms with Crippen molar-refractivity contribution in [2.24, 2.45) is 0 Å². The van der Waals surface area contributed by atoms with Crippen molar-refractivity contribution < 1.29 is 33.3 Å². The molecule has 0 spiro atoms. The highest BCUT2D eigenvalue weighted by Crippen LogP contribution is 2.12. The van der Waals surface area contributed by atoms with Crippen molar-refractivity contribution >= 4 is 18.6 Å². The number of ether oxygens (including phenoxy) is 4. The van der Waals surface area contributed by atoms with Crippen LogP contribution in [0.1, 0.15) is 44.9 Å². The Hall–Kier alpha value is -2.05. The van der Waals surface area contributed by atoms with Gasteiger partial charge < -0.3 is 23.7 Å². The number of aldehydes is 1. The molecular formula is C16H26O7. The molecule has 1 unspecified atom stereocenters. The Bertz CT molecular complexity index is 365. The lowest BCUT2D eigenvalue weighted by molar-refractivity contribution is -0.107. The summed E-state index contributed by atoms with van der Waals surface area (Å²) < 4.78 is 18.6. The van der Waals surface area contributed by atoms with Gasteiger partial charge in [-0.05, 0) is 31.4 Å². The summed E-state index contributed by atoms with van der Waals surface area (Å²) in [5, 5.41) is 0. The summed E-state index contributed by atoms with van der Waals surface area (Å²) in [6.45, 7) is 0.0411. The molecule has 132 valence electrons. The third-order valence-corrected chi connectivity index (χ3v) is 3.04. The van der Waals surface area contributed by atoms with Gasteiger partial charge in [-0.15, -0.1) is 0 Å². The predicted molar refractivity (Wildman–Crippen MR) is 83.2 cm³/mol. The number of hydrogen-bond donors (Lipinski definition) is 0. The van der Waals surface area contributed by atoms with Gasteiger partial charge >= 0.3 is 12.3 Å². The van der Waals surface area contributed by atoms with Crippen molar-refractivity contribution in [2.75, 3.05) is 20.8 Å². The molecule has 0 aromatic carbocycles. The maximum absolute atomic E-state index is 11.2. The molecule has 0 aromatic rings. The van der Waals surface area contributed by atoms with Crippen LogP contribution in [0.25, 0.3) is 0 Å². The van der Waals surface area contributed by atoms with Crippen LogP contribution in [0, 0.1) is 0 Å². The van der Waals surface area contributed by atoms with Crippen molar-refractivity contribution in [3.63, 3.8) is 0 Å². The Balaban J connectivity index is 4.04. The highest BCUT2D eigenvalue weighted by atomic mass is 16.7. The molecule has 0 saturated carbocycles. The number of rotatable bonds is 12. The van der Waals surface area contributed by atoms with Gasteiger partial charge in [0.25, 0.3) is 0 Å². The molecule has 0 heterocycles. The molecule has 7 heteroatoms. The molecule has 0 N–H and O–H groups in total. The van der Waals surface area contributed by atoms with Crippen LogP contribution in [0.3, 0.4) is 0 Å². The summed E-state index contributed by atoms with van der Waals surface area (Å²) in [6, 6.07) is 0. The first-order valence-corrected chi connectivity index (χ1v) is 7.69. The summed E-state index contributed by atoms with van der Waals surface area (Å²) in [5.41, 5.74) is 0. The minimum Gasteiger partial charge on any atom is -0.438 e. The SMILES string of the molecule is COC(=O)OC/C=C/C(CCCCCCCC=O)OC(=O)OC. The minimum absolute atomic E-state index is 0.0411. The first-order chi connectivity index (χ1) is 11.1. The molecule has 0 aromatic heterocycles. The van der Waals surface area contributed by atoms with Gasteiger partial charge in [-0.1, -0.05) is 19.3 Å². The van der Waals surface area contributed by atoms with Gasteiger partial charge in [0.2, 0.25) is 0 Å². The van der Waals surface area contributed by atoms with Crippen LogP contribution in [0.4, 0.5) is 9.59 Å². The average Bonchev–Trinajstić information content (AvgIpc) is 2.56. The van der Waals surface area contributed by atoms with E-state index in [4.69, 9.17) is 9.47 Å². The number of carbonyl (C=O) groups is 3. The lowest BCUT2D eigenvalue weighted by atomic mass is 10.1. The molecule has 0 amide bonds. The van der Waals surface area contributed by atoms with Crippen LogP contribution in [-0.2, 0) is 23.7 Å². The van der Waals surface area contributed by atoms with E-state index in [0.717, 1.165) is 38.4 Å². The van der Waals surface area contributed by atoms with Gasteiger partial charge in [0.1, 0.15) is 19.0 Å². The van der Waals surface area contributed by atoms with E-state index in [9.17, 15) is 14.4 Å². The summed E-state index contributed by atoms with van der Waals surface area (Å²) in [6.07, 6.45) is 8.33. The van der Waals surface area contributed by atoms with Gasteiger partial charge in [-0.25, -0.2) is 9.59 Å². The number of hydrogen-bond acceptors (Lipinski definition) is 7. The standard InChI is InChI=1S/C16H26O7/c1-20-15(18)22-13-9-11-14(23-16(19)21-2)10-7-5-3-4-6-8-12-17/h9,11-12,14H,3-8,10,13H2,1-2H3/b11-9+. The van der Waals surface area contributed by atoms with Crippen LogP contribution < -0.4 is 0 Å².